The number of allylic oxidation sites excluding steroid dienone is 1. The third-order valence-electron chi connectivity index (χ3n) is 6.14. The number of aryl methyl sites for hydroxylation is 1. The minimum absolute atomic E-state index is 0.956. The molecule has 32 heavy (non-hydrogen) atoms. The maximum absolute atomic E-state index is 6.10. The quantitative estimate of drug-likeness (QED) is 0.293. The van der Waals surface area contributed by atoms with E-state index in [0.29, 0.717) is 0 Å². The fourth-order valence-electron chi connectivity index (χ4n) is 4.56. The SMILES string of the molecule is C1=Cc2oc3ccc(N(c4ccccc4)c4ccc(-c5ccccc5)cc4)cc3c2CC1. The molecule has 0 aliphatic heterocycles. The molecule has 2 nitrogen and oxygen atoms in total. The molecule has 0 saturated heterocycles. The summed E-state index contributed by atoms with van der Waals surface area (Å²) in [5, 5.41) is 1.21. The number of hydrogen-bond acceptors (Lipinski definition) is 2. The lowest BCUT2D eigenvalue weighted by Crippen LogP contribution is -2.09. The number of rotatable bonds is 4. The molecule has 4 aromatic carbocycles. The zero-order valence-corrected chi connectivity index (χ0v) is 17.7. The predicted octanol–water partition coefficient (Wildman–Crippen LogP) is 8.53. The Bertz CT molecular complexity index is 1400. The van der Waals surface area contributed by atoms with E-state index in [1.54, 1.807) is 0 Å². The van der Waals surface area contributed by atoms with Gasteiger partial charge in [0, 0.05) is 28.0 Å². The second kappa shape index (κ2) is 7.90. The Morgan fingerprint density at radius 1 is 0.625 bits per heavy atom. The van der Waals surface area contributed by atoms with Gasteiger partial charge in [-0.25, -0.2) is 0 Å². The normalized spacial score (nSPS) is 12.6. The van der Waals surface area contributed by atoms with E-state index in [9.17, 15) is 0 Å². The maximum Gasteiger partial charge on any atom is 0.135 e. The maximum atomic E-state index is 6.10. The van der Waals surface area contributed by atoms with Crippen molar-refractivity contribution in [2.45, 2.75) is 12.8 Å². The second-order valence-corrected chi connectivity index (χ2v) is 8.15. The first-order chi connectivity index (χ1) is 15.9. The van der Waals surface area contributed by atoms with Crippen molar-refractivity contribution in [3.8, 4) is 11.1 Å². The summed E-state index contributed by atoms with van der Waals surface area (Å²) in [6, 6.07) is 36.4. The van der Waals surface area contributed by atoms with E-state index in [2.05, 4.69) is 120 Å². The molecular formula is C30H23NO. The van der Waals surface area contributed by atoms with Crippen LogP contribution in [0.25, 0.3) is 28.2 Å². The molecule has 154 valence electrons. The molecule has 1 aliphatic carbocycles. The Balaban J connectivity index is 1.47. The average Bonchev–Trinajstić information content (AvgIpc) is 3.24. The number of hydrogen-bond donors (Lipinski definition) is 0. The van der Waals surface area contributed by atoms with Crippen molar-refractivity contribution >= 4 is 34.1 Å². The smallest absolute Gasteiger partial charge is 0.135 e. The molecule has 0 amide bonds. The highest BCUT2D eigenvalue weighted by Gasteiger charge is 2.18. The number of furan rings is 1. The summed E-state index contributed by atoms with van der Waals surface area (Å²) in [7, 11) is 0. The largest absolute Gasteiger partial charge is 0.456 e. The topological polar surface area (TPSA) is 16.4 Å². The van der Waals surface area contributed by atoms with Crippen molar-refractivity contribution in [1.29, 1.82) is 0 Å². The number of para-hydroxylation sites is 1. The molecule has 0 unspecified atom stereocenters. The molecule has 0 saturated carbocycles. The van der Waals surface area contributed by atoms with Crippen LogP contribution in [-0.2, 0) is 6.42 Å². The van der Waals surface area contributed by atoms with Gasteiger partial charge in [0.2, 0.25) is 0 Å². The molecule has 1 heterocycles. The number of nitrogens with zero attached hydrogens (tertiary/aromatic N) is 1. The minimum atomic E-state index is 0.956. The third kappa shape index (κ3) is 3.30. The average molecular weight is 414 g/mol. The van der Waals surface area contributed by atoms with Crippen molar-refractivity contribution in [2.75, 3.05) is 4.90 Å². The van der Waals surface area contributed by atoms with Crippen LogP contribution in [0.3, 0.4) is 0 Å². The molecule has 0 spiro atoms. The van der Waals surface area contributed by atoms with Crippen LogP contribution >= 0.6 is 0 Å². The van der Waals surface area contributed by atoms with Gasteiger partial charge in [-0.3, -0.25) is 0 Å². The zero-order valence-electron chi connectivity index (χ0n) is 17.7. The molecule has 2 heteroatoms. The molecule has 0 bridgehead atoms. The van der Waals surface area contributed by atoms with Gasteiger partial charge in [0.05, 0.1) is 0 Å². The van der Waals surface area contributed by atoms with Crippen LogP contribution < -0.4 is 4.90 Å². The van der Waals surface area contributed by atoms with E-state index in [4.69, 9.17) is 4.42 Å². The van der Waals surface area contributed by atoms with Gasteiger partial charge in [-0.05, 0) is 72.5 Å². The Morgan fingerprint density at radius 2 is 1.28 bits per heavy atom. The third-order valence-corrected chi connectivity index (χ3v) is 6.14. The van der Waals surface area contributed by atoms with Crippen LogP contribution in [0.4, 0.5) is 17.1 Å². The Kier molecular flexibility index (Phi) is 4.62. The fourth-order valence-corrected chi connectivity index (χ4v) is 4.56. The lowest BCUT2D eigenvalue weighted by molar-refractivity contribution is 0.595. The van der Waals surface area contributed by atoms with Crippen LogP contribution in [0.15, 0.2) is 114 Å². The molecule has 0 fully saturated rings. The summed E-state index contributed by atoms with van der Waals surface area (Å²) in [4.78, 5) is 2.31. The van der Waals surface area contributed by atoms with Crippen molar-refractivity contribution in [3.63, 3.8) is 0 Å². The molecule has 1 aromatic heterocycles. The van der Waals surface area contributed by atoms with Gasteiger partial charge in [-0.1, -0.05) is 66.7 Å². The number of fused-ring (bicyclic) bond motifs is 3. The molecule has 0 N–H and O–H groups in total. The van der Waals surface area contributed by atoms with E-state index in [1.807, 2.05) is 0 Å². The lowest BCUT2D eigenvalue weighted by Gasteiger charge is -2.25. The molecule has 5 aromatic rings. The van der Waals surface area contributed by atoms with Crippen molar-refractivity contribution in [3.05, 3.63) is 121 Å². The van der Waals surface area contributed by atoms with E-state index in [1.165, 1.54) is 22.1 Å². The van der Waals surface area contributed by atoms with E-state index in [-0.39, 0.29) is 0 Å². The Labute approximate surface area is 188 Å². The summed E-state index contributed by atoms with van der Waals surface area (Å²) in [6.45, 7) is 0. The first-order valence-corrected chi connectivity index (χ1v) is 11.1. The number of benzene rings is 4. The first kappa shape index (κ1) is 18.7. The molecular weight excluding hydrogens is 390 g/mol. The molecule has 0 atom stereocenters. The monoisotopic (exact) mass is 413 g/mol. The van der Waals surface area contributed by atoms with Crippen molar-refractivity contribution < 1.29 is 4.42 Å². The molecule has 6 rings (SSSR count). The van der Waals surface area contributed by atoms with Crippen molar-refractivity contribution in [1.82, 2.24) is 0 Å². The van der Waals surface area contributed by atoms with Gasteiger partial charge in [0.15, 0.2) is 0 Å². The van der Waals surface area contributed by atoms with Gasteiger partial charge < -0.3 is 9.32 Å². The first-order valence-electron chi connectivity index (χ1n) is 11.1. The summed E-state index contributed by atoms with van der Waals surface area (Å²) >= 11 is 0. The summed E-state index contributed by atoms with van der Waals surface area (Å²) < 4.78 is 6.10. The second-order valence-electron chi connectivity index (χ2n) is 8.15. The summed E-state index contributed by atoms with van der Waals surface area (Å²) in [5.41, 5.74) is 8.12. The van der Waals surface area contributed by atoms with Gasteiger partial charge in [-0.2, -0.15) is 0 Å². The standard InChI is InChI=1S/C30H23NO/c1-3-9-22(10-4-1)23-15-17-25(18-16-23)31(24-11-5-2-6-12-24)26-19-20-30-28(21-26)27-13-7-8-14-29(27)32-30/h1-6,8-12,14-21H,7,13H2. The van der Waals surface area contributed by atoms with Gasteiger partial charge >= 0.3 is 0 Å². The van der Waals surface area contributed by atoms with Crippen LogP contribution in [0, 0.1) is 0 Å². The van der Waals surface area contributed by atoms with E-state index in [0.717, 1.165) is 41.2 Å². The molecule has 1 aliphatic rings. The highest BCUT2D eigenvalue weighted by molar-refractivity contribution is 5.91. The zero-order chi connectivity index (χ0) is 21.3. The highest BCUT2D eigenvalue weighted by atomic mass is 16.3. The Hall–Kier alpha value is -4.04. The summed E-state index contributed by atoms with van der Waals surface area (Å²) in [6.07, 6.45) is 6.39. The van der Waals surface area contributed by atoms with Gasteiger partial charge in [0.25, 0.3) is 0 Å². The fraction of sp³-hybridized carbons (Fsp3) is 0.0667. The molecule has 0 radical (unpaired) electrons. The van der Waals surface area contributed by atoms with Crippen LogP contribution in [-0.4, -0.2) is 0 Å². The van der Waals surface area contributed by atoms with Crippen LogP contribution in [0.2, 0.25) is 0 Å². The number of anilines is 3. The van der Waals surface area contributed by atoms with Crippen LogP contribution in [0.5, 0.6) is 0 Å². The van der Waals surface area contributed by atoms with Gasteiger partial charge in [0.1, 0.15) is 11.3 Å². The van der Waals surface area contributed by atoms with Crippen LogP contribution in [0.1, 0.15) is 17.7 Å². The summed E-state index contributed by atoms with van der Waals surface area (Å²) in [5.74, 6) is 1.00. The van der Waals surface area contributed by atoms with E-state index >= 15 is 0 Å². The predicted molar refractivity (Wildman–Crippen MR) is 134 cm³/mol. The minimum Gasteiger partial charge on any atom is -0.456 e. The van der Waals surface area contributed by atoms with E-state index < -0.39 is 0 Å². The Morgan fingerprint density at radius 3 is 2.06 bits per heavy atom. The van der Waals surface area contributed by atoms with Gasteiger partial charge in [-0.15, -0.1) is 0 Å². The lowest BCUT2D eigenvalue weighted by atomic mass is 10.0. The van der Waals surface area contributed by atoms with Crippen molar-refractivity contribution in [2.24, 2.45) is 0 Å². The highest BCUT2D eigenvalue weighted by Crippen LogP contribution is 2.39.